The second-order valence-electron chi connectivity index (χ2n) is 17.1. The van der Waals surface area contributed by atoms with Crippen LogP contribution >= 0.6 is 0 Å². The van der Waals surface area contributed by atoms with Gasteiger partial charge in [0.1, 0.15) is 29.6 Å². The zero-order chi connectivity index (χ0) is 45.3. The van der Waals surface area contributed by atoms with E-state index in [1.54, 1.807) is 58.6 Å². The van der Waals surface area contributed by atoms with Crippen LogP contribution in [0.1, 0.15) is 65.0 Å². The van der Waals surface area contributed by atoms with Crippen LogP contribution in [0.15, 0.2) is 86.0 Å². The van der Waals surface area contributed by atoms with Gasteiger partial charge in [-0.1, -0.05) is 89.8 Å². The number of rotatable bonds is 23. The summed E-state index contributed by atoms with van der Waals surface area (Å²) >= 11 is 0. The van der Waals surface area contributed by atoms with Gasteiger partial charge in [0.15, 0.2) is 0 Å². The Morgan fingerprint density at radius 2 is 1.59 bits per heavy atom. The number of hydrogen-bond acceptors (Lipinski definition) is 10. The predicted molar refractivity (Wildman–Crippen MR) is 241 cm³/mol. The van der Waals surface area contributed by atoms with E-state index < -0.39 is 62.2 Å². The van der Waals surface area contributed by atoms with Crippen LogP contribution in [-0.4, -0.2) is 102 Å². The minimum absolute atomic E-state index is 0.0467. The summed E-state index contributed by atoms with van der Waals surface area (Å²) in [5, 5.41) is 7.33. The normalized spacial score (nSPS) is 17.5. The number of ether oxygens (including phenoxy) is 4. The highest BCUT2D eigenvalue weighted by Gasteiger charge is 2.40. The van der Waals surface area contributed by atoms with E-state index in [9.17, 15) is 19.2 Å². The number of nitrogens with zero attached hydrogens (tertiary/aromatic N) is 1. The van der Waals surface area contributed by atoms with Crippen molar-refractivity contribution in [3.63, 3.8) is 0 Å². The summed E-state index contributed by atoms with van der Waals surface area (Å²) in [4.78, 5) is 56.3. The largest absolute Gasteiger partial charge is 0.543 e. The molecule has 2 aromatic rings. The van der Waals surface area contributed by atoms with Crippen molar-refractivity contribution in [1.82, 2.24) is 21.1 Å². The van der Waals surface area contributed by atoms with Crippen molar-refractivity contribution in [2.45, 2.75) is 115 Å². The summed E-state index contributed by atoms with van der Waals surface area (Å²) in [6, 6.07) is 11.8. The van der Waals surface area contributed by atoms with Crippen molar-refractivity contribution in [1.29, 1.82) is 0 Å². The van der Waals surface area contributed by atoms with E-state index >= 15 is 0 Å². The number of carbonyl (C=O) groups is 4. The van der Waals surface area contributed by atoms with Gasteiger partial charge in [-0.2, -0.15) is 0 Å². The lowest BCUT2D eigenvalue weighted by Gasteiger charge is -2.36. The topological polar surface area (TPSA) is 154 Å². The number of methoxy groups -OCH3 is 3. The van der Waals surface area contributed by atoms with Gasteiger partial charge in [0.25, 0.3) is 5.91 Å². The summed E-state index contributed by atoms with van der Waals surface area (Å²) < 4.78 is 28.9. The molecule has 61 heavy (non-hydrogen) atoms. The average Bonchev–Trinajstić information content (AvgIpc) is 3.23. The van der Waals surface area contributed by atoms with Gasteiger partial charge in [0.2, 0.25) is 20.1 Å². The minimum atomic E-state index is -2.21. The fraction of sp³-hybridized carbons (Fsp3) is 0.532. The summed E-state index contributed by atoms with van der Waals surface area (Å²) in [7, 11) is 2.49. The number of benzene rings is 2. The lowest BCUT2D eigenvalue weighted by Crippen LogP contribution is -2.62. The number of amides is 3. The molecule has 336 valence electrons. The molecule has 0 unspecified atom stereocenters. The first-order valence-corrected chi connectivity index (χ1v) is 24.0. The summed E-state index contributed by atoms with van der Waals surface area (Å²) in [5.74, 6) is -1.53. The molecule has 1 aliphatic heterocycles. The van der Waals surface area contributed by atoms with Gasteiger partial charge < -0.3 is 34.0 Å². The van der Waals surface area contributed by atoms with Crippen LogP contribution in [0.4, 0.5) is 0 Å². The lowest BCUT2D eigenvalue weighted by atomic mass is 9.88. The molecule has 0 radical (unpaired) electrons. The fourth-order valence-electron chi connectivity index (χ4n) is 6.92. The first-order valence-electron chi connectivity index (χ1n) is 21.1. The Morgan fingerprint density at radius 3 is 2.20 bits per heavy atom. The molecule has 1 aliphatic rings. The Bertz CT molecular complexity index is 1790. The van der Waals surface area contributed by atoms with Crippen molar-refractivity contribution in [3.05, 3.63) is 97.1 Å². The molecule has 13 nitrogen and oxygen atoms in total. The van der Waals surface area contributed by atoms with Gasteiger partial charge in [0, 0.05) is 39.5 Å². The summed E-state index contributed by atoms with van der Waals surface area (Å²) in [6.07, 6.45) is 7.73. The van der Waals surface area contributed by atoms with Crippen LogP contribution in [0, 0.1) is 11.8 Å². The Morgan fingerprint density at radius 1 is 0.918 bits per heavy atom. The maximum Gasteiger partial charge on any atom is 0.324 e. The van der Waals surface area contributed by atoms with E-state index in [1.165, 1.54) is 5.01 Å². The Hall–Kier alpha value is -4.76. The smallest absolute Gasteiger partial charge is 0.324 e. The third-order valence-electron chi connectivity index (χ3n) is 11.6. The number of nitrogens with one attached hydrogen (secondary N) is 3. The van der Waals surface area contributed by atoms with Crippen molar-refractivity contribution in [2.24, 2.45) is 11.8 Å². The van der Waals surface area contributed by atoms with E-state index in [1.807, 2.05) is 49.4 Å². The molecule has 14 heteroatoms. The Labute approximate surface area is 364 Å². The van der Waals surface area contributed by atoms with E-state index in [0.717, 1.165) is 11.1 Å². The van der Waals surface area contributed by atoms with Crippen molar-refractivity contribution in [2.75, 3.05) is 34.5 Å². The van der Waals surface area contributed by atoms with Crippen LogP contribution in [0.2, 0.25) is 18.1 Å². The van der Waals surface area contributed by atoms with Crippen LogP contribution in [0.3, 0.4) is 0 Å². The second-order valence-corrected chi connectivity index (χ2v) is 21.8. The third-order valence-corrected chi connectivity index (χ3v) is 15.9. The molecular weight excluding hydrogens is 793 g/mol. The summed E-state index contributed by atoms with van der Waals surface area (Å²) in [5.41, 5.74) is 4.57. The molecule has 0 spiro atoms. The monoisotopic (exact) mass is 862 g/mol. The quantitative estimate of drug-likeness (QED) is 0.0372. The van der Waals surface area contributed by atoms with Gasteiger partial charge in [-0.15, -0.1) is 6.58 Å². The molecule has 0 bridgehead atoms. The predicted octanol–water partition coefficient (Wildman–Crippen LogP) is 6.49. The number of hydrogen-bond donors (Lipinski definition) is 3. The lowest BCUT2D eigenvalue weighted by molar-refractivity contribution is -0.153. The number of carbonyl (C=O) groups excluding carboxylic acids is 4. The molecule has 3 N–H and O–H groups in total. The average molecular weight is 863 g/mol. The van der Waals surface area contributed by atoms with E-state index in [-0.39, 0.29) is 36.5 Å². The van der Waals surface area contributed by atoms with Gasteiger partial charge in [-0.3, -0.25) is 24.2 Å². The van der Waals surface area contributed by atoms with E-state index in [0.29, 0.717) is 37.3 Å². The van der Waals surface area contributed by atoms with Gasteiger partial charge in [-0.25, -0.2) is 5.43 Å². The molecule has 1 fully saturated rings. The van der Waals surface area contributed by atoms with E-state index in [4.69, 9.17) is 23.4 Å². The standard InChI is InChI=1S/C47H70N4O9Si/c1-13-15-22-41(57-9)32(3)42(58-10)33(4)43(52)48-39(30-34-23-25-36(56-8)26-24-34)44(53)49-40(31-35-19-17-20-37(29-35)60-61(11,12)47(5,6)7)45(54)51-27-18-21-38(50-51)46(55)59-28-16-14-2/h13-15,17,19-20,22-26,29,32-33,38-42,50H,1-2,16,18,21,27-28,30-31H2,3-12H3,(H,48,52)(H,49,53)/t32-,33+,38-,39-,40-,41-,42+/m0/s1. The van der Waals surface area contributed by atoms with Crippen LogP contribution < -0.4 is 25.2 Å². The molecule has 0 aliphatic carbocycles. The van der Waals surface area contributed by atoms with Gasteiger partial charge in [0.05, 0.1) is 31.8 Å². The molecule has 3 amide bonds. The molecular formula is C47H70N4O9Si. The van der Waals surface area contributed by atoms with Crippen molar-refractivity contribution < 1.29 is 42.6 Å². The molecule has 7 atom stereocenters. The number of hydrazine groups is 1. The van der Waals surface area contributed by atoms with Crippen LogP contribution in [0.5, 0.6) is 11.5 Å². The highest BCUT2D eigenvalue weighted by Crippen LogP contribution is 2.37. The SMILES string of the molecule is C=CC=C[C@H](OC)[C@H](C)[C@@H](OC)[C@@H](C)C(=O)N[C@@H](Cc1ccc(OC)cc1)C(=O)N[C@@H](Cc1cccc(O[Si](C)(C)C(C)(C)C)c1)C(=O)N1CCC[C@@H](C(=O)OCCC=C)N1. The molecule has 1 saturated heterocycles. The maximum atomic E-state index is 14.6. The Kier molecular flexibility index (Phi) is 19.9. The molecule has 3 rings (SSSR count). The first kappa shape index (κ1) is 50.6. The number of allylic oxidation sites excluding steroid dienone is 2. The van der Waals surface area contributed by atoms with Crippen LogP contribution in [-0.2, 0) is 46.2 Å². The molecule has 2 aromatic carbocycles. The zero-order valence-corrected chi connectivity index (χ0v) is 39.0. The highest BCUT2D eigenvalue weighted by molar-refractivity contribution is 6.74. The van der Waals surface area contributed by atoms with Gasteiger partial charge >= 0.3 is 5.97 Å². The maximum absolute atomic E-state index is 14.6. The summed E-state index contributed by atoms with van der Waals surface area (Å²) in [6.45, 7) is 22.4. The fourth-order valence-corrected chi connectivity index (χ4v) is 7.94. The minimum Gasteiger partial charge on any atom is -0.543 e. The van der Waals surface area contributed by atoms with E-state index in [2.05, 4.69) is 63.1 Å². The Balaban J connectivity index is 2.00. The molecule has 0 saturated carbocycles. The first-order chi connectivity index (χ1) is 28.9. The van der Waals surface area contributed by atoms with Crippen molar-refractivity contribution in [3.8, 4) is 11.5 Å². The zero-order valence-electron chi connectivity index (χ0n) is 38.0. The molecule has 1 heterocycles. The second kappa shape index (κ2) is 24.0. The third kappa shape index (κ3) is 15.0. The highest BCUT2D eigenvalue weighted by atomic mass is 28.4. The molecule has 0 aromatic heterocycles. The van der Waals surface area contributed by atoms with Crippen LogP contribution in [0.25, 0.3) is 0 Å². The van der Waals surface area contributed by atoms with Gasteiger partial charge in [-0.05, 0) is 72.8 Å². The van der Waals surface area contributed by atoms with Crippen molar-refractivity contribution >= 4 is 32.0 Å². The number of esters is 1.